The first-order valence-electron chi connectivity index (χ1n) is 6.00. The maximum Gasteiger partial charge on any atom is 0.0835 e. The lowest BCUT2D eigenvalue weighted by Crippen LogP contribution is -2.09. The molecule has 1 aliphatic rings. The van der Waals surface area contributed by atoms with Gasteiger partial charge in [-0.1, -0.05) is 29.3 Å². The van der Waals surface area contributed by atoms with E-state index in [4.69, 9.17) is 23.2 Å². The zero-order chi connectivity index (χ0) is 13.4. The molecule has 2 nitrogen and oxygen atoms in total. The number of benzene rings is 1. The molecule has 0 aliphatic heterocycles. The maximum atomic E-state index is 6.26. The molecule has 98 valence electrons. The van der Waals surface area contributed by atoms with E-state index < -0.39 is 0 Å². The first-order chi connectivity index (χ1) is 9.16. The summed E-state index contributed by atoms with van der Waals surface area (Å²) in [6, 6.07) is 8.13. The second kappa shape index (κ2) is 5.31. The number of anilines is 1. The van der Waals surface area contributed by atoms with E-state index in [1.54, 1.807) is 0 Å². The molecule has 1 atom stereocenters. The van der Waals surface area contributed by atoms with Gasteiger partial charge < -0.3 is 5.32 Å². The van der Waals surface area contributed by atoms with Crippen molar-refractivity contribution in [1.29, 1.82) is 0 Å². The minimum atomic E-state index is 0.200. The molecule has 1 N–H and O–H groups in total. The number of aromatic nitrogens is 1. The molecule has 1 aliphatic carbocycles. The largest absolute Gasteiger partial charge is 0.375 e. The Morgan fingerprint density at radius 2 is 2.05 bits per heavy atom. The summed E-state index contributed by atoms with van der Waals surface area (Å²) in [5, 5.41) is 4.51. The van der Waals surface area contributed by atoms with Crippen molar-refractivity contribution in [3.8, 4) is 0 Å². The van der Waals surface area contributed by atoms with Gasteiger partial charge in [0.15, 0.2) is 0 Å². The Bertz CT molecular complexity index is 631. The number of rotatable bonds is 2. The molecule has 0 radical (unpaired) electrons. The van der Waals surface area contributed by atoms with E-state index >= 15 is 0 Å². The second-order valence-corrected chi connectivity index (χ2v) is 6.12. The fourth-order valence-corrected chi connectivity index (χ4v) is 3.21. The van der Waals surface area contributed by atoms with E-state index in [0.717, 1.165) is 28.7 Å². The van der Waals surface area contributed by atoms with Crippen molar-refractivity contribution in [1.82, 2.24) is 4.98 Å². The van der Waals surface area contributed by atoms with Crippen molar-refractivity contribution in [3.63, 3.8) is 0 Å². The van der Waals surface area contributed by atoms with Gasteiger partial charge >= 0.3 is 0 Å². The van der Waals surface area contributed by atoms with Crippen molar-refractivity contribution in [2.75, 3.05) is 5.32 Å². The molecule has 0 bridgehead atoms. The van der Waals surface area contributed by atoms with Crippen LogP contribution in [0.1, 0.15) is 23.7 Å². The van der Waals surface area contributed by atoms with Crippen LogP contribution >= 0.6 is 39.1 Å². The van der Waals surface area contributed by atoms with Crippen molar-refractivity contribution < 1.29 is 0 Å². The van der Waals surface area contributed by atoms with Gasteiger partial charge in [-0.2, -0.15) is 0 Å². The van der Waals surface area contributed by atoms with Crippen molar-refractivity contribution in [3.05, 3.63) is 56.2 Å². The average Bonchev–Trinajstić information content (AvgIpc) is 2.83. The lowest BCUT2D eigenvalue weighted by Gasteiger charge is -2.16. The molecule has 0 saturated heterocycles. The van der Waals surface area contributed by atoms with Crippen LogP contribution in [0.3, 0.4) is 0 Å². The first-order valence-corrected chi connectivity index (χ1v) is 7.55. The van der Waals surface area contributed by atoms with Crippen LogP contribution in [0.15, 0.2) is 34.9 Å². The Hall–Kier alpha value is -0.770. The number of pyridine rings is 1. The van der Waals surface area contributed by atoms with Gasteiger partial charge in [-0.25, -0.2) is 0 Å². The van der Waals surface area contributed by atoms with Crippen LogP contribution in [0.4, 0.5) is 5.69 Å². The predicted molar refractivity (Wildman–Crippen MR) is 83.1 cm³/mol. The Morgan fingerprint density at radius 3 is 2.89 bits per heavy atom. The number of hydrogen-bond acceptors (Lipinski definition) is 2. The molecule has 19 heavy (non-hydrogen) atoms. The van der Waals surface area contributed by atoms with Crippen LogP contribution in [0.5, 0.6) is 0 Å². The first kappa shape index (κ1) is 13.2. The fraction of sp³-hybridized carbons (Fsp3) is 0.214. The van der Waals surface area contributed by atoms with Gasteiger partial charge in [0.1, 0.15) is 0 Å². The van der Waals surface area contributed by atoms with Crippen molar-refractivity contribution in [2.45, 2.75) is 18.9 Å². The zero-order valence-corrected chi connectivity index (χ0v) is 13.1. The van der Waals surface area contributed by atoms with Gasteiger partial charge in [-0.15, -0.1) is 0 Å². The van der Waals surface area contributed by atoms with E-state index in [-0.39, 0.29) is 6.04 Å². The number of nitrogens with one attached hydrogen (secondary N) is 1. The predicted octanol–water partition coefficient (Wildman–Crippen LogP) is 5.25. The number of nitrogens with zero attached hydrogens (tertiary/aromatic N) is 1. The Morgan fingerprint density at radius 1 is 1.21 bits per heavy atom. The summed E-state index contributed by atoms with van der Waals surface area (Å²) < 4.78 is 0.801. The highest BCUT2D eigenvalue weighted by molar-refractivity contribution is 9.10. The van der Waals surface area contributed by atoms with E-state index in [1.807, 2.05) is 24.4 Å². The van der Waals surface area contributed by atoms with E-state index in [1.165, 1.54) is 5.56 Å². The third-order valence-electron chi connectivity index (χ3n) is 3.32. The van der Waals surface area contributed by atoms with Crippen LogP contribution in [-0.4, -0.2) is 4.98 Å². The minimum Gasteiger partial charge on any atom is -0.375 e. The van der Waals surface area contributed by atoms with Crippen LogP contribution in [0, 0.1) is 0 Å². The summed E-state index contributed by atoms with van der Waals surface area (Å²) in [5.41, 5.74) is 3.26. The van der Waals surface area contributed by atoms with Crippen molar-refractivity contribution >= 4 is 44.8 Å². The molecule has 5 heteroatoms. The quantitative estimate of drug-likeness (QED) is 0.742. The smallest absolute Gasteiger partial charge is 0.0835 e. The molecule has 0 spiro atoms. The molecule has 1 aromatic heterocycles. The summed E-state index contributed by atoms with van der Waals surface area (Å²) in [5.74, 6) is 0. The van der Waals surface area contributed by atoms with Crippen molar-refractivity contribution in [2.24, 2.45) is 0 Å². The highest BCUT2D eigenvalue weighted by atomic mass is 79.9. The van der Waals surface area contributed by atoms with Gasteiger partial charge in [0, 0.05) is 10.7 Å². The van der Waals surface area contributed by atoms with Gasteiger partial charge in [0.25, 0.3) is 0 Å². The second-order valence-electron chi connectivity index (χ2n) is 4.51. The summed E-state index contributed by atoms with van der Waals surface area (Å²) in [4.78, 5) is 4.46. The average molecular weight is 358 g/mol. The van der Waals surface area contributed by atoms with Crippen LogP contribution in [0.2, 0.25) is 10.0 Å². The summed E-state index contributed by atoms with van der Waals surface area (Å²) in [6.45, 7) is 0. The van der Waals surface area contributed by atoms with E-state index in [2.05, 4.69) is 32.3 Å². The minimum absolute atomic E-state index is 0.200. The Kier molecular flexibility index (Phi) is 3.70. The lowest BCUT2D eigenvalue weighted by atomic mass is 10.2. The van der Waals surface area contributed by atoms with Crippen LogP contribution in [-0.2, 0) is 6.42 Å². The summed E-state index contributed by atoms with van der Waals surface area (Å²) in [6.07, 6.45) is 3.90. The van der Waals surface area contributed by atoms with E-state index in [9.17, 15) is 0 Å². The molecule has 0 amide bonds. The monoisotopic (exact) mass is 356 g/mol. The molecule has 1 heterocycles. The summed E-state index contributed by atoms with van der Waals surface area (Å²) in [7, 11) is 0. The lowest BCUT2D eigenvalue weighted by molar-refractivity contribution is 0.746. The van der Waals surface area contributed by atoms with Gasteiger partial charge in [0.2, 0.25) is 0 Å². The standard InChI is InChI=1S/C14H11BrCl2N2/c15-9-4-6-10(13(17)12(9)16)19-11-5-3-8-2-1-7-18-14(8)11/h1-2,4,6-7,11,19H,3,5H2. The van der Waals surface area contributed by atoms with Crippen LogP contribution in [0.25, 0.3) is 0 Å². The topological polar surface area (TPSA) is 24.9 Å². The SMILES string of the molecule is Clc1c(Br)ccc(NC2CCc3cccnc32)c1Cl. The molecule has 1 unspecified atom stereocenters. The number of hydrogen-bond donors (Lipinski definition) is 1. The number of halogens is 3. The third-order valence-corrected chi connectivity index (χ3v) is 5.09. The highest BCUT2D eigenvalue weighted by Crippen LogP contribution is 2.39. The molecular formula is C14H11BrCl2N2. The zero-order valence-electron chi connectivity index (χ0n) is 9.96. The molecule has 3 rings (SSSR count). The molecule has 1 aromatic carbocycles. The van der Waals surface area contributed by atoms with Gasteiger partial charge in [0.05, 0.1) is 27.5 Å². The molecule has 2 aromatic rings. The highest BCUT2D eigenvalue weighted by Gasteiger charge is 2.24. The number of fused-ring (bicyclic) bond motifs is 1. The van der Waals surface area contributed by atoms with Gasteiger partial charge in [-0.3, -0.25) is 4.98 Å². The molecule has 0 fully saturated rings. The molecule has 0 saturated carbocycles. The summed E-state index contributed by atoms with van der Waals surface area (Å²) >= 11 is 15.8. The number of aryl methyl sites for hydroxylation is 1. The van der Waals surface area contributed by atoms with Gasteiger partial charge in [-0.05, 0) is 52.5 Å². The molecular weight excluding hydrogens is 347 g/mol. The Labute approximate surface area is 130 Å². The fourth-order valence-electron chi connectivity index (χ4n) is 2.38. The Balaban J connectivity index is 1.90. The van der Waals surface area contributed by atoms with Crippen LogP contribution < -0.4 is 5.32 Å². The third kappa shape index (κ3) is 2.47. The van der Waals surface area contributed by atoms with E-state index in [0.29, 0.717) is 10.0 Å². The normalized spacial score (nSPS) is 17.3. The maximum absolute atomic E-state index is 6.26.